The Morgan fingerprint density at radius 1 is 1.29 bits per heavy atom. The van der Waals surface area contributed by atoms with Crippen molar-refractivity contribution >= 4 is 23.2 Å². The summed E-state index contributed by atoms with van der Waals surface area (Å²) in [5, 5.41) is 13.7. The summed E-state index contributed by atoms with van der Waals surface area (Å²) in [5.41, 5.74) is -0.115. The highest BCUT2D eigenvalue weighted by molar-refractivity contribution is 6.32. The fraction of sp³-hybridized carbons (Fsp3) is 0.421. The lowest BCUT2D eigenvalue weighted by Crippen LogP contribution is -2.29. The van der Waals surface area contributed by atoms with Crippen molar-refractivity contribution in [1.29, 1.82) is 0 Å². The van der Waals surface area contributed by atoms with Crippen molar-refractivity contribution in [3.05, 3.63) is 57.0 Å². The number of nitro groups is 1. The first-order valence-electron chi connectivity index (χ1n) is 9.10. The number of rotatable bonds is 11. The Morgan fingerprint density at radius 3 is 2.68 bits per heavy atom. The molecule has 0 spiro atoms. The molecule has 1 N–H and O–H groups in total. The quantitative estimate of drug-likeness (QED) is 0.343. The standard InChI is InChI=1S/C19H24ClN3O5/c1-3-22(4-2)11-5-10-21-19(24)18-9-7-15(28-18)13-27-17-8-6-14(23(25)26)12-16(17)20/h6-9,12H,3-5,10-11,13H2,1-2H3,(H,21,24). The molecular weight excluding hydrogens is 386 g/mol. The number of hydrogen-bond acceptors (Lipinski definition) is 6. The minimum Gasteiger partial charge on any atom is -0.484 e. The van der Waals surface area contributed by atoms with Crippen LogP contribution in [0.25, 0.3) is 0 Å². The Morgan fingerprint density at radius 2 is 2.04 bits per heavy atom. The second-order valence-electron chi connectivity index (χ2n) is 6.06. The number of furan rings is 1. The maximum atomic E-state index is 12.1. The first-order valence-corrected chi connectivity index (χ1v) is 9.48. The molecule has 0 saturated heterocycles. The highest BCUT2D eigenvalue weighted by Gasteiger charge is 2.13. The summed E-state index contributed by atoms with van der Waals surface area (Å²) in [4.78, 5) is 24.6. The molecular formula is C19H24ClN3O5. The van der Waals surface area contributed by atoms with Crippen LogP contribution in [0.1, 0.15) is 36.6 Å². The van der Waals surface area contributed by atoms with E-state index in [4.69, 9.17) is 20.8 Å². The fourth-order valence-corrected chi connectivity index (χ4v) is 2.81. The van der Waals surface area contributed by atoms with E-state index in [2.05, 4.69) is 24.1 Å². The monoisotopic (exact) mass is 409 g/mol. The van der Waals surface area contributed by atoms with E-state index in [0.717, 1.165) is 26.1 Å². The molecule has 28 heavy (non-hydrogen) atoms. The van der Waals surface area contributed by atoms with Gasteiger partial charge in [0.2, 0.25) is 0 Å². The van der Waals surface area contributed by atoms with E-state index in [1.54, 1.807) is 12.1 Å². The first kappa shape index (κ1) is 21.7. The van der Waals surface area contributed by atoms with E-state index in [9.17, 15) is 14.9 Å². The van der Waals surface area contributed by atoms with Crippen LogP contribution in [0.15, 0.2) is 34.7 Å². The molecule has 8 nitrogen and oxygen atoms in total. The summed E-state index contributed by atoms with van der Waals surface area (Å²) >= 11 is 5.98. The van der Waals surface area contributed by atoms with Crippen molar-refractivity contribution in [2.75, 3.05) is 26.2 Å². The predicted octanol–water partition coefficient (Wildman–Crippen LogP) is 3.88. The highest BCUT2D eigenvalue weighted by atomic mass is 35.5. The lowest BCUT2D eigenvalue weighted by atomic mass is 10.3. The number of non-ortho nitro benzene ring substituents is 1. The van der Waals surface area contributed by atoms with Gasteiger partial charge < -0.3 is 19.4 Å². The fourth-order valence-electron chi connectivity index (χ4n) is 2.58. The Hall–Kier alpha value is -2.58. The number of carbonyl (C=O) groups excluding carboxylic acids is 1. The number of halogens is 1. The van der Waals surface area contributed by atoms with Gasteiger partial charge in [-0.1, -0.05) is 25.4 Å². The summed E-state index contributed by atoms with van der Waals surface area (Å²) in [5.74, 6) is 0.671. The van der Waals surface area contributed by atoms with E-state index in [-0.39, 0.29) is 29.0 Å². The molecule has 1 aromatic carbocycles. The van der Waals surface area contributed by atoms with Crippen LogP contribution in [0.5, 0.6) is 5.75 Å². The third kappa shape index (κ3) is 6.24. The van der Waals surface area contributed by atoms with E-state index in [1.807, 2.05) is 0 Å². The maximum absolute atomic E-state index is 12.1. The van der Waals surface area contributed by atoms with Gasteiger partial charge in [-0.25, -0.2) is 0 Å². The minimum atomic E-state index is -0.533. The predicted molar refractivity (Wildman–Crippen MR) is 106 cm³/mol. The van der Waals surface area contributed by atoms with Crippen LogP contribution in [-0.4, -0.2) is 41.9 Å². The Kier molecular flexibility index (Phi) is 8.28. The SMILES string of the molecule is CCN(CC)CCCNC(=O)c1ccc(COc2ccc([N+](=O)[O-])cc2Cl)o1. The van der Waals surface area contributed by atoms with Crippen LogP contribution < -0.4 is 10.1 Å². The smallest absolute Gasteiger partial charge is 0.286 e. The van der Waals surface area contributed by atoms with Crippen molar-refractivity contribution in [1.82, 2.24) is 10.2 Å². The average molecular weight is 410 g/mol. The molecule has 0 unspecified atom stereocenters. The van der Waals surface area contributed by atoms with Gasteiger partial charge in [-0.3, -0.25) is 14.9 Å². The number of amides is 1. The molecule has 0 saturated carbocycles. The Balaban J connectivity index is 1.82. The highest BCUT2D eigenvalue weighted by Crippen LogP contribution is 2.29. The molecule has 0 fully saturated rings. The van der Waals surface area contributed by atoms with Gasteiger partial charge >= 0.3 is 0 Å². The zero-order chi connectivity index (χ0) is 20.5. The van der Waals surface area contributed by atoms with Crippen molar-refractivity contribution in [3.8, 4) is 5.75 Å². The largest absolute Gasteiger partial charge is 0.484 e. The minimum absolute atomic E-state index is 0.0484. The molecule has 0 aliphatic carbocycles. The Bertz CT molecular complexity index is 805. The summed E-state index contributed by atoms with van der Waals surface area (Å²) in [6, 6.07) is 7.17. The van der Waals surface area contributed by atoms with Gasteiger partial charge in [0.15, 0.2) is 5.76 Å². The van der Waals surface area contributed by atoms with Crippen molar-refractivity contribution < 1.29 is 18.9 Å². The second-order valence-corrected chi connectivity index (χ2v) is 6.47. The zero-order valence-corrected chi connectivity index (χ0v) is 16.7. The van der Waals surface area contributed by atoms with Gasteiger partial charge in [0.05, 0.1) is 9.95 Å². The van der Waals surface area contributed by atoms with Crippen molar-refractivity contribution in [2.45, 2.75) is 26.9 Å². The number of benzene rings is 1. The molecule has 1 amide bonds. The third-order valence-corrected chi connectivity index (χ3v) is 4.51. The average Bonchev–Trinajstić information content (AvgIpc) is 3.16. The second kappa shape index (κ2) is 10.7. The maximum Gasteiger partial charge on any atom is 0.286 e. The Labute approximate surface area is 168 Å². The van der Waals surface area contributed by atoms with Crippen molar-refractivity contribution in [2.24, 2.45) is 0 Å². The molecule has 0 aliphatic rings. The van der Waals surface area contributed by atoms with Crippen LogP contribution in [0.3, 0.4) is 0 Å². The van der Waals surface area contributed by atoms with E-state index in [1.165, 1.54) is 18.2 Å². The normalized spacial score (nSPS) is 10.9. The molecule has 0 radical (unpaired) electrons. The van der Waals surface area contributed by atoms with E-state index >= 15 is 0 Å². The number of hydrogen-bond donors (Lipinski definition) is 1. The number of nitro benzene ring substituents is 1. The van der Waals surface area contributed by atoms with Crippen LogP contribution >= 0.6 is 11.6 Å². The molecule has 1 aromatic heterocycles. The zero-order valence-electron chi connectivity index (χ0n) is 15.9. The molecule has 9 heteroatoms. The first-order chi connectivity index (χ1) is 13.4. The van der Waals surface area contributed by atoms with Gasteiger partial charge in [-0.15, -0.1) is 0 Å². The molecule has 152 valence electrons. The molecule has 0 bridgehead atoms. The van der Waals surface area contributed by atoms with Gasteiger partial charge in [0.25, 0.3) is 11.6 Å². The summed E-state index contributed by atoms with van der Waals surface area (Å²) in [6.45, 7) is 7.75. The van der Waals surface area contributed by atoms with Gasteiger partial charge in [-0.2, -0.15) is 0 Å². The summed E-state index contributed by atoms with van der Waals surface area (Å²) in [7, 11) is 0. The third-order valence-electron chi connectivity index (χ3n) is 4.21. The van der Waals surface area contributed by atoms with Crippen molar-refractivity contribution in [3.63, 3.8) is 0 Å². The van der Waals surface area contributed by atoms with E-state index in [0.29, 0.717) is 18.1 Å². The molecule has 2 aromatic rings. The number of nitrogens with zero attached hydrogens (tertiary/aromatic N) is 2. The molecule has 0 aliphatic heterocycles. The summed E-state index contributed by atoms with van der Waals surface area (Å²) < 4.78 is 11.0. The van der Waals surface area contributed by atoms with Crippen LogP contribution in [0, 0.1) is 10.1 Å². The number of ether oxygens (including phenoxy) is 1. The molecule has 1 heterocycles. The summed E-state index contributed by atoms with van der Waals surface area (Å²) in [6.07, 6.45) is 0.864. The van der Waals surface area contributed by atoms with Crippen LogP contribution in [0.2, 0.25) is 5.02 Å². The molecule has 2 rings (SSSR count). The topological polar surface area (TPSA) is 97.9 Å². The van der Waals surface area contributed by atoms with Gasteiger partial charge in [-0.05, 0) is 44.3 Å². The van der Waals surface area contributed by atoms with Crippen LogP contribution in [-0.2, 0) is 6.61 Å². The lowest BCUT2D eigenvalue weighted by molar-refractivity contribution is -0.384. The van der Waals surface area contributed by atoms with E-state index < -0.39 is 4.92 Å². The molecule has 0 atom stereocenters. The van der Waals surface area contributed by atoms with Gasteiger partial charge in [0, 0.05) is 18.7 Å². The van der Waals surface area contributed by atoms with Gasteiger partial charge in [0.1, 0.15) is 18.1 Å². The number of nitrogens with one attached hydrogen (secondary N) is 1. The number of carbonyl (C=O) groups is 1. The lowest BCUT2D eigenvalue weighted by Gasteiger charge is -2.17. The van der Waals surface area contributed by atoms with Crippen LogP contribution in [0.4, 0.5) is 5.69 Å².